The van der Waals surface area contributed by atoms with Crippen LogP contribution in [0.1, 0.15) is 16.1 Å². The number of hydrogen-bond acceptors (Lipinski definition) is 5. The number of nitriles is 1. The van der Waals surface area contributed by atoms with Crippen LogP contribution >= 0.6 is 11.3 Å². The van der Waals surface area contributed by atoms with Crippen LogP contribution in [0.2, 0.25) is 0 Å². The number of thiazole rings is 1. The molecule has 5 nitrogen and oxygen atoms in total. The van der Waals surface area contributed by atoms with Gasteiger partial charge in [-0.25, -0.2) is 14.6 Å². The molecule has 0 spiro atoms. The van der Waals surface area contributed by atoms with E-state index in [1.807, 2.05) is 31.4 Å². The van der Waals surface area contributed by atoms with Crippen molar-refractivity contribution in [3.05, 3.63) is 52.2 Å². The van der Waals surface area contributed by atoms with E-state index < -0.39 is 0 Å². The minimum atomic E-state index is 0.465. The molecule has 3 rings (SSSR count). The van der Waals surface area contributed by atoms with E-state index in [0.717, 1.165) is 5.56 Å². The monoisotopic (exact) mass is 307 g/mol. The molecule has 0 aliphatic rings. The van der Waals surface area contributed by atoms with Gasteiger partial charge in [0.1, 0.15) is 23.0 Å². The normalized spacial score (nSPS) is 11.4. The lowest BCUT2D eigenvalue weighted by Crippen LogP contribution is -1.91. The highest BCUT2D eigenvalue weighted by Crippen LogP contribution is 2.20. The number of benzene rings is 1. The lowest BCUT2D eigenvalue weighted by Gasteiger charge is -2.00. The first-order valence-corrected chi connectivity index (χ1v) is 7.55. The van der Waals surface area contributed by atoms with Crippen molar-refractivity contribution < 1.29 is 0 Å². The first-order valence-electron chi connectivity index (χ1n) is 6.67. The quantitative estimate of drug-likeness (QED) is 0.694. The van der Waals surface area contributed by atoms with Crippen molar-refractivity contribution in [2.45, 2.75) is 13.8 Å². The van der Waals surface area contributed by atoms with Gasteiger partial charge in [-0.2, -0.15) is 5.26 Å². The lowest BCUT2D eigenvalue weighted by molar-refractivity contribution is 0.938. The largest absolute Gasteiger partial charge is 0.244 e. The molecule has 108 valence electrons. The van der Waals surface area contributed by atoms with Crippen molar-refractivity contribution in [3.63, 3.8) is 0 Å². The maximum absolute atomic E-state index is 9.24. The molecule has 0 radical (unpaired) electrons. The number of nitrogens with zero attached hydrogens (tertiary/aromatic N) is 5. The van der Waals surface area contributed by atoms with Crippen LogP contribution in [0.5, 0.6) is 0 Å². The van der Waals surface area contributed by atoms with E-state index in [4.69, 9.17) is 0 Å². The van der Waals surface area contributed by atoms with Gasteiger partial charge >= 0.3 is 0 Å². The molecular formula is C16H13N5S. The maximum Gasteiger partial charge on any atom is 0.181 e. The second kappa shape index (κ2) is 5.92. The fourth-order valence-electron chi connectivity index (χ4n) is 2.19. The van der Waals surface area contributed by atoms with E-state index >= 15 is 0 Å². The Balaban J connectivity index is 1.96. The van der Waals surface area contributed by atoms with Crippen molar-refractivity contribution in [3.8, 4) is 17.5 Å². The lowest BCUT2D eigenvalue weighted by atomic mass is 10.1. The van der Waals surface area contributed by atoms with Crippen molar-refractivity contribution >= 4 is 23.1 Å². The van der Waals surface area contributed by atoms with Gasteiger partial charge in [0.15, 0.2) is 5.82 Å². The van der Waals surface area contributed by atoms with Gasteiger partial charge in [-0.05, 0) is 26.0 Å². The first-order chi connectivity index (χ1) is 10.7. The number of aromatic nitrogens is 4. The Morgan fingerprint density at radius 1 is 1.23 bits per heavy atom. The average molecular weight is 307 g/mol. The zero-order chi connectivity index (χ0) is 15.5. The van der Waals surface area contributed by atoms with Gasteiger partial charge in [-0.3, -0.25) is 0 Å². The summed E-state index contributed by atoms with van der Waals surface area (Å²) in [6, 6.07) is 8.34. The summed E-state index contributed by atoms with van der Waals surface area (Å²) >= 11 is 1.42. The fraction of sp³-hybridized carbons (Fsp3) is 0.125. The summed E-state index contributed by atoms with van der Waals surface area (Å²) in [6.07, 6.45) is 4.91. The van der Waals surface area contributed by atoms with E-state index in [1.54, 1.807) is 23.4 Å². The van der Waals surface area contributed by atoms with Crippen LogP contribution in [0.3, 0.4) is 0 Å². The first kappa shape index (κ1) is 14.2. The molecule has 0 N–H and O–H groups in total. The van der Waals surface area contributed by atoms with E-state index in [-0.39, 0.29) is 0 Å². The minimum Gasteiger partial charge on any atom is -0.244 e. The molecule has 2 heterocycles. The SMILES string of the molecule is Cc1cc(C)cc(-c2ncn(/C=C(/C#N)c3nccs3)n2)c1. The molecule has 0 saturated carbocycles. The molecule has 6 heteroatoms. The van der Waals surface area contributed by atoms with Gasteiger partial charge in [0.25, 0.3) is 0 Å². The predicted octanol–water partition coefficient (Wildman–Crippen LogP) is 3.54. The minimum absolute atomic E-state index is 0.465. The number of hydrogen-bond donors (Lipinski definition) is 0. The smallest absolute Gasteiger partial charge is 0.181 e. The number of allylic oxidation sites excluding steroid dienone is 1. The summed E-state index contributed by atoms with van der Waals surface area (Å²) in [4.78, 5) is 8.46. The Morgan fingerprint density at radius 3 is 2.64 bits per heavy atom. The summed E-state index contributed by atoms with van der Waals surface area (Å²) < 4.78 is 1.55. The van der Waals surface area contributed by atoms with Crippen LogP contribution in [0.4, 0.5) is 0 Å². The van der Waals surface area contributed by atoms with Crippen molar-refractivity contribution in [1.82, 2.24) is 19.7 Å². The molecule has 3 aromatic rings. The third kappa shape index (κ3) is 2.95. The standard InChI is InChI=1S/C16H13N5S/c1-11-5-12(2)7-13(6-11)15-19-10-21(20-15)9-14(8-17)16-18-3-4-22-16/h3-7,9-10H,1-2H3/b14-9-. The topological polar surface area (TPSA) is 67.4 Å². The van der Waals surface area contributed by atoms with Gasteiger partial charge in [0.2, 0.25) is 0 Å². The Kier molecular flexibility index (Phi) is 3.81. The highest BCUT2D eigenvalue weighted by atomic mass is 32.1. The van der Waals surface area contributed by atoms with Crippen LogP contribution < -0.4 is 0 Å². The van der Waals surface area contributed by atoms with Crippen LogP contribution in [-0.4, -0.2) is 19.7 Å². The van der Waals surface area contributed by atoms with E-state index in [1.165, 1.54) is 22.5 Å². The third-order valence-corrected chi connectivity index (χ3v) is 3.84. The van der Waals surface area contributed by atoms with Crippen molar-refractivity contribution in [2.75, 3.05) is 0 Å². The highest BCUT2D eigenvalue weighted by Gasteiger charge is 2.07. The molecule has 0 fully saturated rings. The predicted molar refractivity (Wildman–Crippen MR) is 86.8 cm³/mol. The molecule has 1 aromatic carbocycles. The van der Waals surface area contributed by atoms with Gasteiger partial charge in [-0.15, -0.1) is 16.4 Å². The zero-order valence-electron chi connectivity index (χ0n) is 12.2. The molecule has 0 unspecified atom stereocenters. The number of aryl methyl sites for hydroxylation is 2. The molecule has 0 aliphatic heterocycles. The third-order valence-electron chi connectivity index (χ3n) is 3.03. The van der Waals surface area contributed by atoms with Crippen LogP contribution in [-0.2, 0) is 0 Å². The summed E-state index contributed by atoms with van der Waals surface area (Å²) in [5.41, 5.74) is 3.77. The molecule has 2 aromatic heterocycles. The Labute approximate surface area is 132 Å². The van der Waals surface area contributed by atoms with Gasteiger partial charge < -0.3 is 0 Å². The average Bonchev–Trinajstić information content (AvgIpc) is 3.15. The van der Waals surface area contributed by atoms with Gasteiger partial charge in [-0.1, -0.05) is 17.2 Å². The Hall–Kier alpha value is -2.78. The van der Waals surface area contributed by atoms with Gasteiger partial charge in [0.05, 0.1) is 6.20 Å². The maximum atomic E-state index is 9.24. The highest BCUT2D eigenvalue weighted by molar-refractivity contribution is 7.10. The molecule has 0 saturated heterocycles. The molecular weight excluding hydrogens is 294 g/mol. The summed E-state index contributed by atoms with van der Waals surface area (Å²) in [5.74, 6) is 0.638. The van der Waals surface area contributed by atoms with Crippen LogP contribution in [0.15, 0.2) is 36.1 Å². The van der Waals surface area contributed by atoms with E-state index in [2.05, 4.69) is 27.2 Å². The number of rotatable bonds is 3. The molecule has 22 heavy (non-hydrogen) atoms. The molecule has 0 aliphatic carbocycles. The van der Waals surface area contributed by atoms with E-state index in [0.29, 0.717) is 16.4 Å². The second-order valence-electron chi connectivity index (χ2n) is 4.92. The van der Waals surface area contributed by atoms with E-state index in [9.17, 15) is 5.26 Å². The summed E-state index contributed by atoms with van der Waals surface area (Å²) in [6.45, 7) is 4.09. The summed E-state index contributed by atoms with van der Waals surface area (Å²) in [7, 11) is 0. The van der Waals surface area contributed by atoms with Crippen LogP contribution in [0.25, 0.3) is 23.2 Å². The summed E-state index contributed by atoms with van der Waals surface area (Å²) in [5, 5.41) is 16.2. The van der Waals surface area contributed by atoms with Crippen molar-refractivity contribution in [1.29, 1.82) is 5.26 Å². The second-order valence-corrected chi connectivity index (χ2v) is 5.81. The molecule has 0 bridgehead atoms. The Morgan fingerprint density at radius 2 is 2.00 bits per heavy atom. The fourth-order valence-corrected chi connectivity index (χ4v) is 2.79. The molecule has 0 atom stereocenters. The molecule has 0 amide bonds. The van der Waals surface area contributed by atoms with Gasteiger partial charge in [0, 0.05) is 17.1 Å². The Bertz CT molecular complexity index is 848. The zero-order valence-corrected chi connectivity index (χ0v) is 13.0. The van der Waals surface area contributed by atoms with Crippen LogP contribution in [0, 0.1) is 25.2 Å². The van der Waals surface area contributed by atoms with Crippen molar-refractivity contribution in [2.24, 2.45) is 0 Å².